The van der Waals surface area contributed by atoms with E-state index in [1.807, 2.05) is 6.92 Å². The van der Waals surface area contributed by atoms with Crippen LogP contribution in [0.15, 0.2) is 24.3 Å². The normalized spacial score (nSPS) is 10.5. The smallest absolute Gasteiger partial charge is 0.218 e. The van der Waals surface area contributed by atoms with Gasteiger partial charge in [0.15, 0.2) is 0 Å². The Bertz CT molecular complexity index is 288. The van der Waals surface area contributed by atoms with Gasteiger partial charge in [-0.1, -0.05) is 31.2 Å². The first-order valence-corrected chi connectivity index (χ1v) is 4.14. The van der Waals surface area contributed by atoms with Crippen molar-refractivity contribution in [2.24, 2.45) is 0 Å². The predicted octanol–water partition coefficient (Wildman–Crippen LogP) is 0.742. The Kier molecular flexibility index (Phi) is 3.17. The summed E-state index contributed by atoms with van der Waals surface area (Å²) in [5.74, 6) is -0.664. The van der Waals surface area contributed by atoms with Crippen LogP contribution in [0.2, 0.25) is 0 Å². The van der Waals surface area contributed by atoms with E-state index in [4.69, 9.17) is 10.2 Å². The molecule has 0 unspecified atom stereocenters. The topological polar surface area (TPSA) is 57.5 Å². The van der Waals surface area contributed by atoms with E-state index in [0.29, 0.717) is 5.56 Å². The van der Waals surface area contributed by atoms with E-state index in [0.717, 1.165) is 12.0 Å². The van der Waals surface area contributed by atoms with Gasteiger partial charge in [0.2, 0.25) is 12.1 Å². The van der Waals surface area contributed by atoms with Crippen molar-refractivity contribution in [1.29, 1.82) is 0 Å². The Hall–Kier alpha value is -1.19. The molecule has 0 saturated heterocycles. The standard InChI is InChI=1S/C10H12O3/c1-2-7-3-5-8(6-4-7)9(11)10(12)13/h3-6,10,12-13H,2H2,1H3. The van der Waals surface area contributed by atoms with Crippen LogP contribution in [-0.2, 0) is 6.42 Å². The van der Waals surface area contributed by atoms with E-state index < -0.39 is 12.1 Å². The highest BCUT2D eigenvalue weighted by Crippen LogP contribution is 2.06. The molecular weight excluding hydrogens is 168 g/mol. The van der Waals surface area contributed by atoms with Crippen LogP contribution >= 0.6 is 0 Å². The molecule has 0 aliphatic carbocycles. The van der Waals surface area contributed by atoms with Gasteiger partial charge in [0.1, 0.15) is 0 Å². The molecule has 0 spiro atoms. The fourth-order valence-electron chi connectivity index (χ4n) is 1.05. The Labute approximate surface area is 76.6 Å². The van der Waals surface area contributed by atoms with Crippen LogP contribution in [0.4, 0.5) is 0 Å². The number of aliphatic hydroxyl groups is 2. The van der Waals surface area contributed by atoms with Crippen LogP contribution in [-0.4, -0.2) is 22.3 Å². The first-order valence-electron chi connectivity index (χ1n) is 4.14. The minimum Gasteiger partial charge on any atom is -0.362 e. The Morgan fingerprint density at radius 1 is 1.31 bits per heavy atom. The van der Waals surface area contributed by atoms with Gasteiger partial charge in [0, 0.05) is 5.56 Å². The second-order valence-corrected chi connectivity index (χ2v) is 2.79. The summed E-state index contributed by atoms with van der Waals surface area (Å²) in [7, 11) is 0. The summed E-state index contributed by atoms with van der Waals surface area (Å²) < 4.78 is 0. The van der Waals surface area contributed by atoms with Crippen molar-refractivity contribution in [3.05, 3.63) is 35.4 Å². The van der Waals surface area contributed by atoms with E-state index in [9.17, 15) is 4.79 Å². The molecule has 1 aromatic rings. The minimum absolute atomic E-state index is 0.326. The summed E-state index contributed by atoms with van der Waals surface area (Å²) in [5.41, 5.74) is 1.44. The fraction of sp³-hybridized carbons (Fsp3) is 0.300. The lowest BCUT2D eigenvalue weighted by atomic mass is 10.1. The number of aliphatic hydroxyl groups excluding tert-OH is 1. The maximum Gasteiger partial charge on any atom is 0.218 e. The molecule has 3 nitrogen and oxygen atoms in total. The van der Waals surface area contributed by atoms with Gasteiger partial charge < -0.3 is 10.2 Å². The quantitative estimate of drug-likeness (QED) is 0.533. The highest BCUT2D eigenvalue weighted by atomic mass is 16.5. The lowest BCUT2D eigenvalue weighted by molar-refractivity contribution is -0.0195. The number of hydrogen-bond acceptors (Lipinski definition) is 3. The van der Waals surface area contributed by atoms with Gasteiger partial charge in [0.25, 0.3) is 0 Å². The summed E-state index contributed by atoms with van der Waals surface area (Å²) in [6.07, 6.45) is -1.01. The average molecular weight is 180 g/mol. The first-order chi connectivity index (χ1) is 6.15. The van der Waals surface area contributed by atoms with Crippen molar-refractivity contribution in [1.82, 2.24) is 0 Å². The first kappa shape index (κ1) is 9.89. The van der Waals surface area contributed by atoms with Gasteiger partial charge in [-0.2, -0.15) is 0 Å². The summed E-state index contributed by atoms with van der Waals surface area (Å²) in [4.78, 5) is 11.0. The van der Waals surface area contributed by atoms with Gasteiger partial charge in [-0.15, -0.1) is 0 Å². The minimum atomic E-state index is -1.91. The maximum atomic E-state index is 11.0. The molecule has 0 bridgehead atoms. The number of Topliss-reactive ketones (excluding diaryl/α,β-unsaturated/α-hetero) is 1. The largest absolute Gasteiger partial charge is 0.362 e. The Balaban J connectivity index is 2.86. The zero-order chi connectivity index (χ0) is 9.84. The van der Waals surface area contributed by atoms with Crippen molar-refractivity contribution in [3.63, 3.8) is 0 Å². The van der Waals surface area contributed by atoms with Crippen LogP contribution in [0.3, 0.4) is 0 Å². The second-order valence-electron chi connectivity index (χ2n) is 2.79. The summed E-state index contributed by atoms with van der Waals surface area (Å²) in [6.45, 7) is 2.01. The molecule has 70 valence electrons. The van der Waals surface area contributed by atoms with Crippen molar-refractivity contribution >= 4 is 5.78 Å². The molecule has 0 aliphatic rings. The summed E-state index contributed by atoms with van der Waals surface area (Å²) in [5, 5.41) is 17.2. The van der Waals surface area contributed by atoms with Crippen molar-refractivity contribution in [2.45, 2.75) is 19.6 Å². The number of carbonyl (C=O) groups excluding carboxylic acids is 1. The fourth-order valence-corrected chi connectivity index (χ4v) is 1.05. The van der Waals surface area contributed by atoms with E-state index in [1.54, 1.807) is 24.3 Å². The third-order valence-corrected chi connectivity index (χ3v) is 1.88. The number of hydrogen-bond donors (Lipinski definition) is 2. The van der Waals surface area contributed by atoms with Gasteiger partial charge in [-0.3, -0.25) is 4.79 Å². The zero-order valence-electron chi connectivity index (χ0n) is 7.40. The van der Waals surface area contributed by atoms with E-state index in [2.05, 4.69) is 0 Å². The van der Waals surface area contributed by atoms with Gasteiger partial charge >= 0.3 is 0 Å². The molecule has 13 heavy (non-hydrogen) atoms. The van der Waals surface area contributed by atoms with Crippen molar-refractivity contribution in [3.8, 4) is 0 Å². The molecule has 0 atom stereocenters. The number of rotatable bonds is 3. The number of ketones is 1. The third-order valence-electron chi connectivity index (χ3n) is 1.88. The van der Waals surface area contributed by atoms with E-state index in [1.165, 1.54) is 0 Å². The van der Waals surface area contributed by atoms with Crippen molar-refractivity contribution in [2.75, 3.05) is 0 Å². The molecule has 3 heteroatoms. The van der Waals surface area contributed by atoms with E-state index in [-0.39, 0.29) is 0 Å². The molecule has 0 fully saturated rings. The highest BCUT2D eigenvalue weighted by Gasteiger charge is 2.12. The molecule has 0 radical (unpaired) electrons. The summed E-state index contributed by atoms with van der Waals surface area (Å²) in [6, 6.07) is 6.80. The Morgan fingerprint density at radius 2 is 1.85 bits per heavy atom. The van der Waals surface area contributed by atoms with Crippen LogP contribution in [0.5, 0.6) is 0 Å². The van der Waals surface area contributed by atoms with Crippen LogP contribution in [0, 0.1) is 0 Å². The molecule has 0 aliphatic heterocycles. The zero-order valence-corrected chi connectivity index (χ0v) is 7.40. The monoisotopic (exact) mass is 180 g/mol. The molecule has 0 amide bonds. The molecule has 1 rings (SSSR count). The van der Waals surface area contributed by atoms with Crippen molar-refractivity contribution < 1.29 is 15.0 Å². The van der Waals surface area contributed by atoms with Crippen LogP contribution < -0.4 is 0 Å². The molecule has 0 saturated carbocycles. The number of aryl methyl sites for hydroxylation is 1. The summed E-state index contributed by atoms with van der Waals surface area (Å²) >= 11 is 0. The van der Waals surface area contributed by atoms with Crippen LogP contribution in [0.1, 0.15) is 22.8 Å². The predicted molar refractivity (Wildman–Crippen MR) is 48.4 cm³/mol. The van der Waals surface area contributed by atoms with Gasteiger partial charge in [-0.05, 0) is 12.0 Å². The van der Waals surface area contributed by atoms with E-state index >= 15 is 0 Å². The average Bonchev–Trinajstić information content (AvgIpc) is 2.17. The SMILES string of the molecule is CCc1ccc(C(=O)C(O)O)cc1. The molecule has 0 heterocycles. The lowest BCUT2D eigenvalue weighted by Gasteiger charge is -2.03. The van der Waals surface area contributed by atoms with Gasteiger partial charge in [0.05, 0.1) is 0 Å². The van der Waals surface area contributed by atoms with Crippen LogP contribution in [0.25, 0.3) is 0 Å². The molecule has 0 aromatic heterocycles. The molecular formula is C10H12O3. The highest BCUT2D eigenvalue weighted by molar-refractivity contribution is 5.98. The van der Waals surface area contributed by atoms with Gasteiger partial charge in [-0.25, -0.2) is 0 Å². The number of benzene rings is 1. The molecule has 1 aromatic carbocycles. The maximum absolute atomic E-state index is 11.0. The molecule has 2 N–H and O–H groups in total. The third kappa shape index (κ3) is 2.37. The number of carbonyl (C=O) groups is 1. The lowest BCUT2D eigenvalue weighted by Crippen LogP contribution is -2.19. The second kappa shape index (κ2) is 4.16. The Morgan fingerprint density at radius 3 is 2.23 bits per heavy atom.